The maximum Gasteiger partial charge on any atom is 0.416 e. The van der Waals surface area contributed by atoms with Gasteiger partial charge in [-0.05, 0) is 37.5 Å². The highest BCUT2D eigenvalue weighted by Gasteiger charge is 2.31. The van der Waals surface area contributed by atoms with Crippen LogP contribution >= 0.6 is 11.6 Å². The number of benzene rings is 1. The number of ether oxygens (including phenoxy) is 1. The molecule has 2 rings (SSSR count). The lowest BCUT2D eigenvalue weighted by atomic mass is 9.96. The van der Waals surface area contributed by atoms with Crippen molar-refractivity contribution in [2.24, 2.45) is 5.92 Å². The van der Waals surface area contributed by atoms with E-state index in [0.717, 1.165) is 24.1 Å². The van der Waals surface area contributed by atoms with E-state index in [9.17, 15) is 13.2 Å². The number of halogens is 4. The molecular formula is C14H16ClF3O. The van der Waals surface area contributed by atoms with Crippen LogP contribution in [0.1, 0.15) is 24.5 Å². The van der Waals surface area contributed by atoms with Gasteiger partial charge >= 0.3 is 6.18 Å². The molecule has 1 nitrogen and oxygen atoms in total. The zero-order chi connectivity index (χ0) is 14.0. The van der Waals surface area contributed by atoms with Crippen LogP contribution in [0.4, 0.5) is 13.2 Å². The number of alkyl halides is 4. The first-order chi connectivity index (χ1) is 8.86. The SMILES string of the molecule is CC1CC(C(Cl)Cc2ccc(C(F)(F)F)cc2)CO1. The van der Waals surface area contributed by atoms with Crippen LogP contribution in [0.2, 0.25) is 0 Å². The third kappa shape index (κ3) is 3.86. The van der Waals surface area contributed by atoms with Crippen LogP contribution in [0.15, 0.2) is 24.3 Å². The van der Waals surface area contributed by atoms with Crippen LogP contribution < -0.4 is 0 Å². The van der Waals surface area contributed by atoms with Gasteiger partial charge in [0.2, 0.25) is 0 Å². The molecule has 0 bridgehead atoms. The molecule has 0 N–H and O–H groups in total. The van der Waals surface area contributed by atoms with E-state index in [0.29, 0.717) is 13.0 Å². The Hall–Kier alpha value is -0.740. The smallest absolute Gasteiger partial charge is 0.378 e. The van der Waals surface area contributed by atoms with Crippen LogP contribution in [0, 0.1) is 5.92 Å². The van der Waals surface area contributed by atoms with E-state index < -0.39 is 11.7 Å². The summed E-state index contributed by atoms with van der Waals surface area (Å²) in [5.41, 5.74) is 0.202. The van der Waals surface area contributed by atoms with Crippen molar-refractivity contribution in [2.75, 3.05) is 6.61 Å². The van der Waals surface area contributed by atoms with Crippen molar-refractivity contribution in [3.05, 3.63) is 35.4 Å². The molecule has 0 saturated carbocycles. The van der Waals surface area contributed by atoms with Crippen molar-refractivity contribution < 1.29 is 17.9 Å². The Labute approximate surface area is 115 Å². The van der Waals surface area contributed by atoms with Crippen molar-refractivity contribution >= 4 is 11.6 Å². The molecule has 0 aliphatic carbocycles. The molecular weight excluding hydrogens is 277 g/mol. The molecule has 1 aliphatic rings. The Kier molecular flexibility index (Phi) is 4.41. The summed E-state index contributed by atoms with van der Waals surface area (Å²) >= 11 is 6.31. The molecule has 1 aromatic rings. The van der Waals surface area contributed by atoms with Crippen molar-refractivity contribution in [1.29, 1.82) is 0 Å². The summed E-state index contributed by atoms with van der Waals surface area (Å²) in [5.74, 6) is 0.277. The minimum absolute atomic E-state index is 0.0957. The predicted molar refractivity (Wildman–Crippen MR) is 68.3 cm³/mol. The van der Waals surface area contributed by atoms with Gasteiger partial charge in [-0.2, -0.15) is 13.2 Å². The molecule has 3 atom stereocenters. The van der Waals surface area contributed by atoms with Gasteiger partial charge in [0.1, 0.15) is 0 Å². The largest absolute Gasteiger partial charge is 0.416 e. The van der Waals surface area contributed by atoms with E-state index in [2.05, 4.69) is 0 Å². The maximum atomic E-state index is 12.4. The molecule has 106 valence electrons. The number of hydrogen-bond acceptors (Lipinski definition) is 1. The van der Waals surface area contributed by atoms with Crippen LogP contribution in [0.25, 0.3) is 0 Å². The van der Waals surface area contributed by atoms with Crippen LogP contribution in [-0.2, 0) is 17.3 Å². The summed E-state index contributed by atoms with van der Waals surface area (Å²) in [4.78, 5) is 0. The Bertz CT molecular complexity index is 416. The summed E-state index contributed by atoms with van der Waals surface area (Å²) in [7, 11) is 0. The molecule has 0 spiro atoms. The van der Waals surface area contributed by atoms with E-state index in [1.165, 1.54) is 12.1 Å². The highest BCUT2D eigenvalue weighted by atomic mass is 35.5. The zero-order valence-corrected chi connectivity index (χ0v) is 11.3. The first kappa shape index (κ1) is 14.7. The lowest BCUT2D eigenvalue weighted by molar-refractivity contribution is -0.137. The fraction of sp³-hybridized carbons (Fsp3) is 0.571. The average molecular weight is 293 g/mol. The van der Waals surface area contributed by atoms with Crippen LogP contribution in [-0.4, -0.2) is 18.1 Å². The summed E-state index contributed by atoms with van der Waals surface area (Å²) in [6, 6.07) is 5.20. The fourth-order valence-corrected chi connectivity index (χ4v) is 2.68. The predicted octanol–water partition coefficient (Wildman–Crippen LogP) is 4.28. The van der Waals surface area contributed by atoms with Gasteiger partial charge in [-0.15, -0.1) is 11.6 Å². The maximum absolute atomic E-state index is 12.4. The van der Waals surface area contributed by atoms with Gasteiger partial charge in [0.05, 0.1) is 18.3 Å². The van der Waals surface area contributed by atoms with E-state index in [4.69, 9.17) is 16.3 Å². The van der Waals surface area contributed by atoms with Crippen molar-refractivity contribution in [2.45, 2.75) is 37.4 Å². The van der Waals surface area contributed by atoms with E-state index in [1.54, 1.807) is 0 Å². The highest BCUT2D eigenvalue weighted by molar-refractivity contribution is 6.20. The minimum atomic E-state index is -4.28. The lowest BCUT2D eigenvalue weighted by Crippen LogP contribution is -2.18. The van der Waals surface area contributed by atoms with Gasteiger partial charge in [-0.25, -0.2) is 0 Å². The molecule has 5 heteroatoms. The summed E-state index contributed by atoms with van der Waals surface area (Å²) < 4.78 is 42.7. The zero-order valence-electron chi connectivity index (χ0n) is 10.6. The molecule has 1 aromatic carbocycles. The number of hydrogen-bond donors (Lipinski definition) is 0. The Balaban J connectivity index is 1.96. The normalized spacial score (nSPS) is 25.5. The molecule has 0 amide bonds. The van der Waals surface area contributed by atoms with Gasteiger partial charge in [0, 0.05) is 11.3 Å². The van der Waals surface area contributed by atoms with E-state index in [-0.39, 0.29) is 17.4 Å². The van der Waals surface area contributed by atoms with Crippen molar-refractivity contribution in [1.82, 2.24) is 0 Å². The molecule has 1 aliphatic heterocycles. The van der Waals surface area contributed by atoms with Gasteiger partial charge < -0.3 is 4.74 Å². The quantitative estimate of drug-likeness (QED) is 0.756. The van der Waals surface area contributed by atoms with E-state index in [1.807, 2.05) is 6.92 Å². The molecule has 1 saturated heterocycles. The molecule has 1 fully saturated rings. The Morgan fingerprint density at radius 2 is 1.95 bits per heavy atom. The fourth-order valence-electron chi connectivity index (χ4n) is 2.32. The number of rotatable bonds is 3. The van der Waals surface area contributed by atoms with Gasteiger partial charge in [-0.1, -0.05) is 12.1 Å². The second-order valence-electron chi connectivity index (χ2n) is 5.05. The summed E-state index contributed by atoms with van der Waals surface area (Å²) in [5, 5.41) is -0.0957. The second kappa shape index (κ2) is 5.71. The summed E-state index contributed by atoms with van der Waals surface area (Å²) in [6.45, 7) is 2.64. The van der Waals surface area contributed by atoms with Crippen LogP contribution in [0.5, 0.6) is 0 Å². The topological polar surface area (TPSA) is 9.23 Å². The first-order valence-corrected chi connectivity index (χ1v) is 6.71. The monoisotopic (exact) mass is 292 g/mol. The second-order valence-corrected chi connectivity index (χ2v) is 5.62. The van der Waals surface area contributed by atoms with Gasteiger partial charge in [0.15, 0.2) is 0 Å². The highest BCUT2D eigenvalue weighted by Crippen LogP contribution is 2.31. The van der Waals surface area contributed by atoms with E-state index >= 15 is 0 Å². The Morgan fingerprint density at radius 1 is 1.32 bits per heavy atom. The first-order valence-electron chi connectivity index (χ1n) is 6.28. The van der Waals surface area contributed by atoms with Crippen LogP contribution in [0.3, 0.4) is 0 Å². The van der Waals surface area contributed by atoms with Gasteiger partial charge in [-0.3, -0.25) is 0 Å². The molecule has 19 heavy (non-hydrogen) atoms. The summed E-state index contributed by atoms with van der Waals surface area (Å²) in [6.07, 6.45) is -2.58. The Morgan fingerprint density at radius 3 is 2.42 bits per heavy atom. The molecule has 1 heterocycles. The standard InChI is InChI=1S/C14H16ClF3O/c1-9-6-11(8-19-9)13(15)7-10-2-4-12(5-3-10)14(16,17)18/h2-5,9,11,13H,6-8H2,1H3. The van der Waals surface area contributed by atoms with Gasteiger partial charge in [0.25, 0.3) is 0 Å². The lowest BCUT2D eigenvalue weighted by Gasteiger charge is -2.16. The van der Waals surface area contributed by atoms with Crippen molar-refractivity contribution in [3.63, 3.8) is 0 Å². The third-order valence-corrected chi connectivity index (χ3v) is 3.96. The minimum Gasteiger partial charge on any atom is -0.378 e. The molecule has 3 unspecified atom stereocenters. The van der Waals surface area contributed by atoms with Crippen molar-refractivity contribution in [3.8, 4) is 0 Å². The molecule has 0 aromatic heterocycles. The third-order valence-electron chi connectivity index (χ3n) is 3.45. The average Bonchev–Trinajstić information content (AvgIpc) is 2.75. The molecule has 0 radical (unpaired) electrons.